The molecule has 2 saturated heterocycles. The molecule has 0 aliphatic carbocycles. The molecular formula is C16H31N3O3S. The highest BCUT2D eigenvalue weighted by atomic mass is 32.2. The summed E-state index contributed by atoms with van der Waals surface area (Å²) in [6.07, 6.45) is 3.49. The van der Waals surface area contributed by atoms with Gasteiger partial charge < -0.3 is 5.32 Å². The van der Waals surface area contributed by atoms with E-state index in [1.54, 1.807) is 4.31 Å². The van der Waals surface area contributed by atoms with Gasteiger partial charge in [0.1, 0.15) is 0 Å². The van der Waals surface area contributed by atoms with Gasteiger partial charge in [-0.2, -0.15) is 17.0 Å². The van der Waals surface area contributed by atoms with E-state index in [0.29, 0.717) is 44.6 Å². The van der Waals surface area contributed by atoms with Crippen molar-refractivity contribution in [1.29, 1.82) is 0 Å². The largest absolute Gasteiger partial charge is 0.356 e. The molecule has 0 saturated carbocycles. The molecule has 2 rings (SSSR count). The number of nitrogens with one attached hydrogen (secondary N) is 1. The van der Waals surface area contributed by atoms with E-state index in [1.165, 1.54) is 4.31 Å². The van der Waals surface area contributed by atoms with Crippen LogP contribution in [0.1, 0.15) is 46.5 Å². The van der Waals surface area contributed by atoms with E-state index < -0.39 is 10.2 Å². The Labute approximate surface area is 140 Å². The van der Waals surface area contributed by atoms with Crippen molar-refractivity contribution in [2.45, 2.75) is 46.5 Å². The molecule has 3 atom stereocenters. The second kappa shape index (κ2) is 7.94. The maximum Gasteiger partial charge on any atom is 0.282 e. The van der Waals surface area contributed by atoms with Crippen LogP contribution in [0.15, 0.2) is 0 Å². The minimum absolute atomic E-state index is 0.00729. The fraction of sp³-hybridized carbons (Fsp3) is 0.938. The maximum atomic E-state index is 12.9. The molecule has 0 bridgehead atoms. The zero-order chi connectivity index (χ0) is 17.0. The molecule has 2 aliphatic heterocycles. The van der Waals surface area contributed by atoms with E-state index in [2.05, 4.69) is 19.2 Å². The Morgan fingerprint density at radius 1 is 1.13 bits per heavy atom. The van der Waals surface area contributed by atoms with Gasteiger partial charge in [-0.25, -0.2) is 0 Å². The van der Waals surface area contributed by atoms with Crippen molar-refractivity contribution in [1.82, 2.24) is 13.9 Å². The van der Waals surface area contributed by atoms with Crippen LogP contribution in [0.3, 0.4) is 0 Å². The molecule has 0 radical (unpaired) electrons. The first-order valence-corrected chi connectivity index (χ1v) is 10.3. The number of carbonyl (C=O) groups is 1. The zero-order valence-electron chi connectivity index (χ0n) is 14.6. The third-order valence-corrected chi connectivity index (χ3v) is 6.73. The van der Waals surface area contributed by atoms with Crippen LogP contribution in [0, 0.1) is 17.8 Å². The van der Waals surface area contributed by atoms with Crippen molar-refractivity contribution in [3.8, 4) is 0 Å². The van der Waals surface area contributed by atoms with Crippen LogP contribution >= 0.6 is 0 Å². The third-order valence-electron chi connectivity index (χ3n) is 4.79. The minimum atomic E-state index is -3.45. The van der Waals surface area contributed by atoms with Gasteiger partial charge in [-0.05, 0) is 37.5 Å². The number of piperidine rings is 2. The van der Waals surface area contributed by atoms with Gasteiger partial charge in [0.05, 0.1) is 5.92 Å². The highest BCUT2D eigenvalue weighted by Crippen LogP contribution is 2.27. The second-order valence-corrected chi connectivity index (χ2v) is 9.19. The SMILES string of the molecule is CCCNC(=O)[C@@H]1CCCN(S(=O)(=O)N2C[C@H](C)C[C@@H](C)C2)C1. The molecule has 2 fully saturated rings. The summed E-state index contributed by atoms with van der Waals surface area (Å²) in [5, 5.41) is 2.89. The highest BCUT2D eigenvalue weighted by molar-refractivity contribution is 7.86. The smallest absolute Gasteiger partial charge is 0.282 e. The Morgan fingerprint density at radius 2 is 1.78 bits per heavy atom. The van der Waals surface area contributed by atoms with Crippen LogP contribution in [0.25, 0.3) is 0 Å². The second-order valence-electron chi connectivity index (χ2n) is 7.26. The fourth-order valence-corrected chi connectivity index (χ4v) is 5.66. The van der Waals surface area contributed by atoms with E-state index >= 15 is 0 Å². The zero-order valence-corrected chi connectivity index (χ0v) is 15.4. The Balaban J connectivity index is 2.03. The Bertz CT molecular complexity index is 499. The lowest BCUT2D eigenvalue weighted by atomic mass is 9.94. The van der Waals surface area contributed by atoms with Gasteiger partial charge >= 0.3 is 0 Å². The summed E-state index contributed by atoms with van der Waals surface area (Å²) in [7, 11) is -3.45. The number of hydrogen-bond acceptors (Lipinski definition) is 3. The number of carbonyl (C=O) groups excluding carboxylic acids is 1. The molecule has 134 valence electrons. The predicted octanol–water partition coefficient (Wildman–Crippen LogP) is 1.45. The number of hydrogen-bond donors (Lipinski definition) is 1. The molecule has 1 amide bonds. The van der Waals surface area contributed by atoms with Gasteiger partial charge in [-0.3, -0.25) is 4.79 Å². The fourth-order valence-electron chi connectivity index (χ4n) is 3.72. The maximum absolute atomic E-state index is 12.9. The van der Waals surface area contributed by atoms with Crippen LogP contribution < -0.4 is 5.32 Å². The van der Waals surface area contributed by atoms with Gasteiger partial charge in [-0.1, -0.05) is 20.8 Å². The van der Waals surface area contributed by atoms with Crippen molar-refractivity contribution in [3.63, 3.8) is 0 Å². The first-order valence-electron chi connectivity index (χ1n) is 8.87. The highest BCUT2D eigenvalue weighted by Gasteiger charge is 2.38. The van der Waals surface area contributed by atoms with Crippen LogP contribution in [-0.4, -0.2) is 55.7 Å². The van der Waals surface area contributed by atoms with E-state index in [0.717, 1.165) is 25.7 Å². The number of amides is 1. The lowest BCUT2D eigenvalue weighted by Gasteiger charge is -2.39. The summed E-state index contributed by atoms with van der Waals surface area (Å²) in [5.74, 6) is 0.556. The van der Waals surface area contributed by atoms with Gasteiger partial charge in [0, 0.05) is 32.7 Å². The van der Waals surface area contributed by atoms with E-state index in [9.17, 15) is 13.2 Å². The minimum Gasteiger partial charge on any atom is -0.356 e. The molecule has 2 aliphatic rings. The Morgan fingerprint density at radius 3 is 2.39 bits per heavy atom. The van der Waals surface area contributed by atoms with Crippen LogP contribution in [0.5, 0.6) is 0 Å². The monoisotopic (exact) mass is 345 g/mol. The van der Waals surface area contributed by atoms with E-state index in [-0.39, 0.29) is 11.8 Å². The molecule has 23 heavy (non-hydrogen) atoms. The lowest BCUT2D eigenvalue weighted by molar-refractivity contribution is -0.126. The third kappa shape index (κ3) is 4.67. The van der Waals surface area contributed by atoms with Gasteiger partial charge in [0.15, 0.2) is 0 Å². The molecule has 7 heteroatoms. The van der Waals surface area contributed by atoms with Crippen LogP contribution in [0.4, 0.5) is 0 Å². The summed E-state index contributed by atoms with van der Waals surface area (Å²) in [6.45, 7) is 8.91. The average Bonchev–Trinajstić information content (AvgIpc) is 2.51. The first kappa shape index (κ1) is 18.7. The molecule has 6 nitrogen and oxygen atoms in total. The molecule has 0 spiro atoms. The Hall–Kier alpha value is -0.660. The number of nitrogens with zero attached hydrogens (tertiary/aromatic N) is 2. The Kier molecular flexibility index (Phi) is 6.45. The summed E-state index contributed by atoms with van der Waals surface area (Å²) >= 11 is 0. The van der Waals surface area contributed by atoms with E-state index in [4.69, 9.17) is 0 Å². The van der Waals surface area contributed by atoms with Crippen molar-refractivity contribution < 1.29 is 13.2 Å². The molecule has 0 unspecified atom stereocenters. The predicted molar refractivity (Wildman–Crippen MR) is 91.0 cm³/mol. The van der Waals surface area contributed by atoms with Gasteiger partial charge in [-0.15, -0.1) is 0 Å². The summed E-state index contributed by atoms with van der Waals surface area (Å²) < 4.78 is 29.0. The van der Waals surface area contributed by atoms with Gasteiger partial charge in [0.25, 0.3) is 10.2 Å². The molecule has 0 aromatic heterocycles. The van der Waals surface area contributed by atoms with Crippen molar-refractivity contribution >= 4 is 16.1 Å². The average molecular weight is 346 g/mol. The molecule has 1 N–H and O–H groups in total. The molecule has 0 aromatic rings. The van der Waals surface area contributed by atoms with Crippen LogP contribution in [-0.2, 0) is 15.0 Å². The lowest BCUT2D eigenvalue weighted by Crippen LogP contribution is -2.53. The summed E-state index contributed by atoms with van der Waals surface area (Å²) in [4.78, 5) is 12.2. The topological polar surface area (TPSA) is 69.7 Å². The summed E-state index contributed by atoms with van der Waals surface area (Å²) in [5.41, 5.74) is 0. The number of rotatable bonds is 5. The normalized spacial score (nSPS) is 31.0. The first-order chi connectivity index (χ1) is 10.8. The molecule has 0 aromatic carbocycles. The van der Waals surface area contributed by atoms with Crippen molar-refractivity contribution in [3.05, 3.63) is 0 Å². The van der Waals surface area contributed by atoms with Crippen molar-refractivity contribution in [2.75, 3.05) is 32.7 Å². The molecular weight excluding hydrogens is 314 g/mol. The van der Waals surface area contributed by atoms with Crippen molar-refractivity contribution in [2.24, 2.45) is 17.8 Å². The molecule has 2 heterocycles. The van der Waals surface area contributed by atoms with E-state index in [1.807, 2.05) is 6.92 Å². The van der Waals surface area contributed by atoms with Crippen LogP contribution in [0.2, 0.25) is 0 Å². The quantitative estimate of drug-likeness (QED) is 0.820. The van der Waals surface area contributed by atoms with Gasteiger partial charge in [0.2, 0.25) is 5.91 Å². The summed E-state index contributed by atoms with van der Waals surface area (Å²) in [6, 6.07) is 0. The standard InChI is InChI=1S/C16H31N3O3S/c1-4-7-17-16(20)15-6-5-8-18(12-15)23(21,22)19-10-13(2)9-14(3)11-19/h13-15H,4-12H2,1-3H3,(H,17,20)/t13-,14-,15-/m1/s1.